The molecule has 0 aliphatic heterocycles. The second-order valence-electron chi connectivity index (χ2n) is 2.97. The number of anilines is 2. The van der Waals surface area contributed by atoms with E-state index in [1.165, 1.54) is 0 Å². The molecular formula is C9H8N6O2. The minimum Gasteiger partial charge on any atom is -0.477 e. The summed E-state index contributed by atoms with van der Waals surface area (Å²) in [5.74, 6) is -0.945. The quantitative estimate of drug-likeness (QED) is 0.736. The minimum atomic E-state index is -1.17. The van der Waals surface area contributed by atoms with Crippen LogP contribution in [0.2, 0.25) is 0 Å². The van der Waals surface area contributed by atoms with Crippen molar-refractivity contribution in [3.8, 4) is 0 Å². The third-order valence-corrected chi connectivity index (χ3v) is 1.76. The largest absolute Gasteiger partial charge is 0.477 e. The van der Waals surface area contributed by atoms with Crippen LogP contribution in [0.4, 0.5) is 11.6 Å². The number of aromatic nitrogens is 4. The lowest BCUT2D eigenvalue weighted by Gasteiger charge is -2.01. The Labute approximate surface area is 95.6 Å². The Morgan fingerprint density at radius 3 is 2.88 bits per heavy atom. The predicted octanol–water partition coefficient (Wildman–Crippen LogP) is 0.335. The van der Waals surface area contributed by atoms with Crippen LogP contribution < -0.4 is 5.32 Å². The molecule has 0 atom stereocenters. The molecule has 0 aliphatic rings. The lowest BCUT2D eigenvalue weighted by molar-refractivity contribution is -0.128. The number of para-hydroxylation sites is 1. The van der Waals surface area contributed by atoms with Gasteiger partial charge >= 0.3 is 5.97 Å². The van der Waals surface area contributed by atoms with Crippen molar-refractivity contribution in [3.05, 3.63) is 30.3 Å². The van der Waals surface area contributed by atoms with Crippen molar-refractivity contribution < 1.29 is 9.90 Å². The van der Waals surface area contributed by atoms with Crippen molar-refractivity contribution >= 4 is 23.8 Å². The number of benzene rings is 1. The fourth-order valence-electron chi connectivity index (χ4n) is 1.09. The first kappa shape index (κ1) is 10.7. The number of rotatable bonds is 4. The Bertz CT molecular complexity index is 535. The summed E-state index contributed by atoms with van der Waals surface area (Å²) in [5, 5.41) is 25.5. The van der Waals surface area contributed by atoms with Crippen molar-refractivity contribution in [3.63, 3.8) is 0 Å². The molecule has 0 saturated carbocycles. The average molecular weight is 232 g/mol. The fourth-order valence-corrected chi connectivity index (χ4v) is 1.09. The van der Waals surface area contributed by atoms with Gasteiger partial charge in [0.15, 0.2) is 0 Å². The number of carbonyl (C=O) groups is 1. The summed E-state index contributed by atoms with van der Waals surface area (Å²) in [6, 6.07) is 9.20. The molecule has 86 valence electrons. The maximum Gasteiger partial charge on any atom is 0.348 e. The van der Waals surface area contributed by atoms with Crippen molar-refractivity contribution in [1.29, 1.82) is 0 Å². The zero-order chi connectivity index (χ0) is 12.1. The van der Waals surface area contributed by atoms with Crippen LogP contribution in [0.1, 0.15) is 0 Å². The van der Waals surface area contributed by atoms with Gasteiger partial charge in [-0.3, -0.25) is 0 Å². The van der Waals surface area contributed by atoms with Crippen LogP contribution in [0, 0.1) is 0 Å². The highest BCUT2D eigenvalue weighted by Gasteiger charge is 2.04. The zero-order valence-electron chi connectivity index (χ0n) is 8.56. The fraction of sp³-hybridized carbons (Fsp3) is 0. The van der Waals surface area contributed by atoms with Crippen LogP contribution >= 0.6 is 0 Å². The molecule has 8 nitrogen and oxygen atoms in total. The molecule has 0 bridgehead atoms. The van der Waals surface area contributed by atoms with E-state index in [0.717, 1.165) is 10.5 Å². The smallest absolute Gasteiger partial charge is 0.348 e. The Balaban J connectivity index is 2.17. The highest BCUT2D eigenvalue weighted by Crippen LogP contribution is 2.11. The molecule has 0 unspecified atom stereocenters. The lowest BCUT2D eigenvalue weighted by atomic mass is 10.3. The first-order chi connectivity index (χ1) is 8.25. The molecule has 0 amide bonds. The number of nitrogens with zero attached hydrogens (tertiary/aromatic N) is 5. The Kier molecular flexibility index (Phi) is 3.05. The Morgan fingerprint density at radius 1 is 1.41 bits per heavy atom. The summed E-state index contributed by atoms with van der Waals surface area (Å²) in [4.78, 5) is 11.3. The third kappa shape index (κ3) is 2.84. The van der Waals surface area contributed by atoms with E-state index in [1.54, 1.807) is 0 Å². The monoisotopic (exact) mass is 232 g/mol. The maximum atomic E-state index is 10.3. The maximum absolute atomic E-state index is 10.3. The molecule has 2 aromatic rings. The number of hydrogen-bond acceptors (Lipinski definition) is 6. The number of hydrogen-bond donors (Lipinski definition) is 2. The van der Waals surface area contributed by atoms with E-state index in [4.69, 9.17) is 5.11 Å². The highest BCUT2D eigenvalue weighted by molar-refractivity contribution is 6.21. The van der Waals surface area contributed by atoms with E-state index in [-0.39, 0.29) is 5.95 Å². The molecule has 1 aromatic heterocycles. The van der Waals surface area contributed by atoms with Crippen LogP contribution in [0.5, 0.6) is 0 Å². The van der Waals surface area contributed by atoms with Gasteiger partial charge in [0.05, 0.1) is 0 Å². The first-order valence-corrected chi connectivity index (χ1v) is 4.63. The summed E-state index contributed by atoms with van der Waals surface area (Å²) in [7, 11) is 0. The summed E-state index contributed by atoms with van der Waals surface area (Å²) in [6.07, 6.45) is 0.701. The van der Waals surface area contributed by atoms with Gasteiger partial charge < -0.3 is 10.4 Å². The van der Waals surface area contributed by atoms with Crippen LogP contribution in [0.25, 0.3) is 0 Å². The molecule has 0 saturated heterocycles. The van der Waals surface area contributed by atoms with E-state index >= 15 is 0 Å². The lowest BCUT2D eigenvalue weighted by Crippen LogP contribution is -2.03. The zero-order valence-corrected chi connectivity index (χ0v) is 8.56. The molecule has 17 heavy (non-hydrogen) atoms. The van der Waals surface area contributed by atoms with Crippen LogP contribution in [0.15, 0.2) is 35.4 Å². The van der Waals surface area contributed by atoms with Gasteiger partial charge in [-0.2, -0.15) is 0 Å². The normalized spacial score (nSPS) is 10.6. The third-order valence-electron chi connectivity index (χ3n) is 1.76. The second-order valence-corrected chi connectivity index (χ2v) is 2.97. The second kappa shape index (κ2) is 4.84. The molecule has 0 aliphatic carbocycles. The number of carboxylic acid groups (broad SMARTS) is 1. The molecule has 0 fully saturated rings. The molecule has 8 heteroatoms. The van der Waals surface area contributed by atoms with Crippen molar-refractivity contribution in [2.45, 2.75) is 0 Å². The van der Waals surface area contributed by atoms with E-state index in [2.05, 4.69) is 25.9 Å². The van der Waals surface area contributed by atoms with Gasteiger partial charge in [-0.15, -0.1) is 5.10 Å². The van der Waals surface area contributed by atoms with Gasteiger partial charge in [-0.1, -0.05) is 28.1 Å². The Hall–Kier alpha value is -2.77. The highest BCUT2D eigenvalue weighted by atomic mass is 16.4. The van der Waals surface area contributed by atoms with Crippen molar-refractivity contribution in [2.24, 2.45) is 5.10 Å². The minimum absolute atomic E-state index is 0.230. The number of tetrazole rings is 1. The van der Waals surface area contributed by atoms with E-state index in [9.17, 15) is 4.79 Å². The number of aliphatic carboxylic acids is 1. The number of nitrogens with one attached hydrogen (secondary N) is 1. The summed E-state index contributed by atoms with van der Waals surface area (Å²) in [6.45, 7) is 0. The van der Waals surface area contributed by atoms with Crippen LogP contribution in [0.3, 0.4) is 0 Å². The first-order valence-electron chi connectivity index (χ1n) is 4.63. The van der Waals surface area contributed by atoms with Gasteiger partial charge in [0, 0.05) is 5.69 Å². The van der Waals surface area contributed by atoms with Crippen molar-refractivity contribution in [1.82, 2.24) is 20.3 Å². The molecule has 0 spiro atoms. The molecule has 2 N–H and O–H groups in total. The molecule has 2 rings (SSSR count). The van der Waals surface area contributed by atoms with E-state index < -0.39 is 5.97 Å². The molecule has 1 heterocycles. The Morgan fingerprint density at radius 2 is 2.18 bits per heavy atom. The van der Waals surface area contributed by atoms with Crippen LogP contribution in [-0.2, 0) is 4.79 Å². The van der Waals surface area contributed by atoms with Gasteiger partial charge in [0.25, 0.3) is 5.95 Å². The van der Waals surface area contributed by atoms with Gasteiger partial charge in [-0.25, -0.2) is 4.79 Å². The van der Waals surface area contributed by atoms with Gasteiger partial charge in [0.2, 0.25) is 0 Å². The van der Waals surface area contributed by atoms with Crippen molar-refractivity contribution in [2.75, 3.05) is 5.32 Å². The van der Waals surface area contributed by atoms with Gasteiger partial charge in [0.1, 0.15) is 6.21 Å². The van der Waals surface area contributed by atoms with Gasteiger partial charge in [-0.05, 0) is 22.6 Å². The van der Waals surface area contributed by atoms with E-state index in [0.29, 0.717) is 6.21 Å². The predicted molar refractivity (Wildman–Crippen MR) is 59.1 cm³/mol. The summed E-state index contributed by atoms with van der Waals surface area (Å²) < 4.78 is 0. The SMILES string of the molecule is O=C(O)/C=N\n1nnnc1Nc1ccccc1. The van der Waals surface area contributed by atoms with Crippen LogP contribution in [-0.4, -0.2) is 37.6 Å². The number of carboxylic acids is 1. The molecule has 0 radical (unpaired) electrons. The average Bonchev–Trinajstić information content (AvgIpc) is 2.75. The van der Waals surface area contributed by atoms with E-state index in [1.807, 2.05) is 30.3 Å². The molecule has 1 aromatic carbocycles. The standard InChI is InChI=1S/C9H8N6O2/c16-8(17)6-10-15-9(12-13-14-15)11-7-4-2-1-3-5-7/h1-6H,(H,16,17)(H,11,12,14)/b10-6-. The summed E-state index contributed by atoms with van der Waals surface area (Å²) >= 11 is 0. The topological polar surface area (TPSA) is 105 Å². The molecular weight excluding hydrogens is 224 g/mol. The summed E-state index contributed by atoms with van der Waals surface area (Å²) in [5.41, 5.74) is 0.772.